The van der Waals surface area contributed by atoms with E-state index in [2.05, 4.69) is 15.2 Å². The maximum Gasteiger partial charge on any atom is 0.265 e. The fourth-order valence-electron chi connectivity index (χ4n) is 2.47. The highest BCUT2D eigenvalue weighted by Crippen LogP contribution is 2.28. The van der Waals surface area contributed by atoms with Crippen LogP contribution in [0.5, 0.6) is 5.75 Å². The minimum absolute atomic E-state index is 0.00352. The lowest BCUT2D eigenvalue weighted by molar-refractivity contribution is -0.122. The lowest BCUT2D eigenvalue weighted by Gasteiger charge is -2.16. The van der Waals surface area contributed by atoms with E-state index in [-0.39, 0.29) is 15.8 Å². The molecule has 0 unspecified atom stereocenters. The molecule has 3 rings (SSSR count). The summed E-state index contributed by atoms with van der Waals surface area (Å²) in [5.41, 5.74) is 1.59. The van der Waals surface area contributed by atoms with Crippen molar-refractivity contribution < 1.29 is 22.5 Å². The number of anilines is 2. The van der Waals surface area contributed by atoms with Gasteiger partial charge in [0.2, 0.25) is 5.88 Å². The summed E-state index contributed by atoms with van der Waals surface area (Å²) < 4.78 is 38.0. The Hall–Kier alpha value is -2.75. The molecule has 8 nitrogen and oxygen atoms in total. The zero-order chi connectivity index (χ0) is 22.8. The maximum atomic E-state index is 12.5. The Balaban J connectivity index is 1.65. The van der Waals surface area contributed by atoms with E-state index in [9.17, 15) is 13.2 Å². The number of aromatic nitrogens is 1. The number of benzene rings is 2. The van der Waals surface area contributed by atoms with Gasteiger partial charge in [-0.3, -0.25) is 4.79 Å². The maximum absolute atomic E-state index is 12.5. The lowest BCUT2D eigenvalue weighted by atomic mass is 10.3. The van der Waals surface area contributed by atoms with Crippen molar-refractivity contribution in [2.45, 2.75) is 31.8 Å². The highest BCUT2D eigenvalue weighted by atomic mass is 35.5. The van der Waals surface area contributed by atoms with Crippen LogP contribution in [0.15, 0.2) is 51.9 Å². The molecule has 1 amide bonds. The predicted molar refractivity (Wildman–Crippen MR) is 118 cm³/mol. The summed E-state index contributed by atoms with van der Waals surface area (Å²) >= 11 is 11.9. The van der Waals surface area contributed by atoms with E-state index >= 15 is 0 Å². The average molecular weight is 484 g/mol. The summed E-state index contributed by atoms with van der Waals surface area (Å²) in [6.45, 7) is 4.97. The van der Waals surface area contributed by atoms with Gasteiger partial charge in [0.15, 0.2) is 6.10 Å². The van der Waals surface area contributed by atoms with E-state index in [0.717, 1.165) is 0 Å². The molecule has 0 fully saturated rings. The van der Waals surface area contributed by atoms with Crippen molar-refractivity contribution in [1.82, 2.24) is 5.16 Å². The van der Waals surface area contributed by atoms with Crippen molar-refractivity contribution in [2.24, 2.45) is 0 Å². The number of hydrogen-bond donors (Lipinski definition) is 2. The topological polar surface area (TPSA) is 111 Å². The quantitative estimate of drug-likeness (QED) is 0.498. The number of carbonyl (C=O) groups is 1. The van der Waals surface area contributed by atoms with Crippen LogP contribution in [0.2, 0.25) is 10.0 Å². The fourth-order valence-corrected chi connectivity index (χ4v) is 3.97. The minimum Gasteiger partial charge on any atom is -0.479 e. The van der Waals surface area contributed by atoms with Crippen LogP contribution in [0.1, 0.15) is 18.2 Å². The zero-order valence-corrected chi connectivity index (χ0v) is 19.1. The van der Waals surface area contributed by atoms with Gasteiger partial charge in [-0.05, 0) is 63.2 Å². The Bertz CT molecular complexity index is 1210. The molecule has 0 saturated carbocycles. The molecule has 1 atom stereocenters. The first-order valence-corrected chi connectivity index (χ1v) is 11.3. The van der Waals surface area contributed by atoms with Crippen LogP contribution in [0.3, 0.4) is 0 Å². The van der Waals surface area contributed by atoms with Gasteiger partial charge in [-0.25, -0.2) is 13.1 Å². The number of ether oxygens (including phenoxy) is 1. The SMILES string of the molecule is Cc1noc(NS(=O)(=O)c2ccc(NC(=O)[C@@H](C)Oc3ccc(Cl)cc3Cl)cc2)c1C. The summed E-state index contributed by atoms with van der Waals surface area (Å²) in [5, 5.41) is 7.11. The number of carbonyl (C=O) groups excluding carboxylic acids is 1. The monoisotopic (exact) mass is 483 g/mol. The summed E-state index contributed by atoms with van der Waals surface area (Å²) in [6, 6.07) is 10.3. The zero-order valence-electron chi connectivity index (χ0n) is 16.8. The number of aryl methyl sites for hydroxylation is 1. The van der Waals surface area contributed by atoms with Gasteiger partial charge in [0.05, 0.1) is 15.6 Å². The summed E-state index contributed by atoms with van der Waals surface area (Å²) in [6.07, 6.45) is -0.860. The summed E-state index contributed by atoms with van der Waals surface area (Å²) in [7, 11) is -3.88. The molecule has 0 spiro atoms. The molecule has 1 aromatic heterocycles. The van der Waals surface area contributed by atoms with Crippen molar-refractivity contribution in [3.05, 3.63) is 63.8 Å². The number of sulfonamides is 1. The van der Waals surface area contributed by atoms with Gasteiger partial charge < -0.3 is 14.6 Å². The third-order valence-corrected chi connectivity index (χ3v) is 6.26. The second-order valence-electron chi connectivity index (χ2n) is 6.68. The first-order chi connectivity index (χ1) is 14.6. The van der Waals surface area contributed by atoms with Crippen LogP contribution < -0.4 is 14.8 Å². The number of nitrogens with one attached hydrogen (secondary N) is 2. The molecule has 31 heavy (non-hydrogen) atoms. The third kappa shape index (κ3) is 5.49. The number of amides is 1. The van der Waals surface area contributed by atoms with Crippen LogP contribution >= 0.6 is 23.2 Å². The Morgan fingerprint density at radius 1 is 1.13 bits per heavy atom. The Morgan fingerprint density at radius 2 is 1.81 bits per heavy atom. The van der Waals surface area contributed by atoms with Gasteiger partial charge >= 0.3 is 0 Å². The van der Waals surface area contributed by atoms with Crippen LogP contribution in [-0.4, -0.2) is 25.6 Å². The van der Waals surface area contributed by atoms with Crippen LogP contribution in [0.25, 0.3) is 0 Å². The van der Waals surface area contributed by atoms with Crippen LogP contribution in [0.4, 0.5) is 11.6 Å². The van der Waals surface area contributed by atoms with E-state index in [0.29, 0.717) is 27.7 Å². The van der Waals surface area contributed by atoms with Crippen molar-refractivity contribution in [1.29, 1.82) is 0 Å². The molecule has 1 heterocycles. The van der Waals surface area contributed by atoms with Crippen LogP contribution in [-0.2, 0) is 14.8 Å². The lowest BCUT2D eigenvalue weighted by Crippen LogP contribution is -2.30. The van der Waals surface area contributed by atoms with Gasteiger partial charge in [-0.2, -0.15) is 0 Å². The highest BCUT2D eigenvalue weighted by Gasteiger charge is 2.20. The number of nitrogens with zero attached hydrogens (tertiary/aromatic N) is 1. The molecule has 0 radical (unpaired) electrons. The van der Waals surface area contributed by atoms with Crippen molar-refractivity contribution in [3.8, 4) is 5.75 Å². The largest absolute Gasteiger partial charge is 0.479 e. The van der Waals surface area contributed by atoms with Crippen molar-refractivity contribution >= 4 is 50.7 Å². The first-order valence-electron chi connectivity index (χ1n) is 9.05. The number of hydrogen-bond acceptors (Lipinski definition) is 6. The normalized spacial score (nSPS) is 12.3. The predicted octanol–water partition coefficient (Wildman–Crippen LogP) is 4.81. The molecule has 0 saturated heterocycles. The van der Waals surface area contributed by atoms with E-state index in [1.807, 2.05) is 0 Å². The molecule has 0 aliphatic carbocycles. The minimum atomic E-state index is -3.88. The fraction of sp³-hybridized carbons (Fsp3) is 0.200. The number of rotatable bonds is 7. The van der Waals surface area contributed by atoms with E-state index in [4.69, 9.17) is 32.5 Å². The van der Waals surface area contributed by atoms with Gasteiger partial charge in [-0.15, -0.1) is 0 Å². The molecule has 11 heteroatoms. The average Bonchev–Trinajstić information content (AvgIpc) is 3.02. The molecule has 2 N–H and O–H groups in total. The first kappa shape index (κ1) is 22.9. The van der Waals surface area contributed by atoms with Crippen molar-refractivity contribution in [3.63, 3.8) is 0 Å². The summed E-state index contributed by atoms with van der Waals surface area (Å²) in [5.74, 6) is -0.0617. The number of halogens is 2. The molecular weight excluding hydrogens is 465 g/mol. The van der Waals surface area contributed by atoms with Gasteiger partial charge in [0, 0.05) is 16.3 Å². The van der Waals surface area contributed by atoms with Gasteiger partial charge in [0.1, 0.15) is 5.75 Å². The van der Waals surface area contributed by atoms with E-state index in [1.54, 1.807) is 32.9 Å². The molecule has 0 aliphatic heterocycles. The van der Waals surface area contributed by atoms with Gasteiger partial charge in [0.25, 0.3) is 15.9 Å². The third-order valence-electron chi connectivity index (χ3n) is 4.38. The molecule has 164 valence electrons. The smallest absolute Gasteiger partial charge is 0.265 e. The molecule has 3 aromatic rings. The second-order valence-corrected chi connectivity index (χ2v) is 9.20. The summed E-state index contributed by atoms with van der Waals surface area (Å²) in [4.78, 5) is 12.4. The highest BCUT2D eigenvalue weighted by molar-refractivity contribution is 7.92. The second kappa shape index (κ2) is 9.17. The molecule has 2 aromatic carbocycles. The Labute approximate surface area is 189 Å². The molecular formula is C20H19Cl2N3O5S. The standard InChI is InChI=1S/C20H19Cl2N3O5S/c1-11-12(2)24-30-20(11)25-31(27,28)16-7-5-15(6-8-16)23-19(26)13(3)29-18-9-4-14(21)10-17(18)22/h4-10,13,25H,1-3H3,(H,23,26)/t13-/m1/s1. The van der Waals surface area contributed by atoms with E-state index in [1.165, 1.54) is 30.3 Å². The molecule has 0 bridgehead atoms. The van der Waals surface area contributed by atoms with E-state index < -0.39 is 22.0 Å². The van der Waals surface area contributed by atoms with Crippen molar-refractivity contribution in [2.75, 3.05) is 10.0 Å². The molecule has 0 aliphatic rings. The van der Waals surface area contributed by atoms with Crippen LogP contribution in [0, 0.1) is 13.8 Å². The Kier molecular flexibility index (Phi) is 6.78. The van der Waals surface area contributed by atoms with Gasteiger partial charge in [-0.1, -0.05) is 28.4 Å². The Morgan fingerprint density at radius 3 is 2.39 bits per heavy atom.